The number of benzene rings is 1. The van der Waals surface area contributed by atoms with Crippen LogP contribution in [-0.2, 0) is 0 Å². The van der Waals surface area contributed by atoms with Crippen LogP contribution < -0.4 is 5.32 Å². The SMILES string of the molecule is Cc1ccc(C#N)cc1NC(=O)c1cnccc1Cl. The van der Waals surface area contributed by atoms with Crippen LogP contribution in [-0.4, -0.2) is 10.9 Å². The van der Waals surface area contributed by atoms with Crippen LogP contribution in [0.2, 0.25) is 5.02 Å². The summed E-state index contributed by atoms with van der Waals surface area (Å²) in [5.41, 5.74) is 2.24. The van der Waals surface area contributed by atoms with Gasteiger partial charge in [-0.2, -0.15) is 5.26 Å². The summed E-state index contributed by atoms with van der Waals surface area (Å²) in [6.45, 7) is 1.85. The Hall–Kier alpha value is -2.38. The van der Waals surface area contributed by atoms with E-state index in [0.29, 0.717) is 21.8 Å². The minimum Gasteiger partial charge on any atom is -0.322 e. The van der Waals surface area contributed by atoms with Gasteiger partial charge in [-0.05, 0) is 30.7 Å². The van der Waals surface area contributed by atoms with Crippen LogP contribution in [0.3, 0.4) is 0 Å². The number of amides is 1. The van der Waals surface area contributed by atoms with Crippen molar-refractivity contribution < 1.29 is 4.79 Å². The van der Waals surface area contributed by atoms with E-state index in [-0.39, 0.29) is 5.91 Å². The second-order valence-electron chi connectivity index (χ2n) is 3.95. The molecule has 1 N–H and O–H groups in total. The van der Waals surface area contributed by atoms with Gasteiger partial charge >= 0.3 is 0 Å². The van der Waals surface area contributed by atoms with Gasteiger partial charge in [-0.15, -0.1) is 0 Å². The highest BCUT2D eigenvalue weighted by atomic mass is 35.5. The summed E-state index contributed by atoms with van der Waals surface area (Å²) < 4.78 is 0. The number of halogens is 1. The molecule has 0 aliphatic rings. The number of aromatic nitrogens is 1. The highest BCUT2D eigenvalue weighted by Crippen LogP contribution is 2.19. The van der Waals surface area contributed by atoms with E-state index in [0.717, 1.165) is 5.56 Å². The lowest BCUT2D eigenvalue weighted by molar-refractivity contribution is 0.102. The Bertz CT molecular complexity index is 677. The summed E-state index contributed by atoms with van der Waals surface area (Å²) in [5, 5.41) is 11.9. The second-order valence-corrected chi connectivity index (χ2v) is 4.36. The molecule has 1 amide bonds. The number of nitrogens with one attached hydrogen (secondary N) is 1. The van der Waals surface area contributed by atoms with E-state index >= 15 is 0 Å². The molecule has 0 unspecified atom stereocenters. The van der Waals surface area contributed by atoms with E-state index in [1.807, 2.05) is 13.0 Å². The van der Waals surface area contributed by atoms with Crippen molar-refractivity contribution in [2.75, 3.05) is 5.32 Å². The van der Waals surface area contributed by atoms with Crippen molar-refractivity contribution in [1.82, 2.24) is 4.98 Å². The minimum atomic E-state index is -0.351. The Morgan fingerprint density at radius 1 is 1.42 bits per heavy atom. The number of hydrogen-bond donors (Lipinski definition) is 1. The van der Waals surface area contributed by atoms with Gasteiger partial charge in [-0.1, -0.05) is 17.7 Å². The Balaban J connectivity index is 2.30. The number of anilines is 1. The largest absolute Gasteiger partial charge is 0.322 e. The van der Waals surface area contributed by atoms with Crippen molar-refractivity contribution in [3.63, 3.8) is 0 Å². The topological polar surface area (TPSA) is 65.8 Å². The molecule has 1 aromatic carbocycles. The zero-order valence-electron chi connectivity index (χ0n) is 10.1. The van der Waals surface area contributed by atoms with Gasteiger partial charge in [0.1, 0.15) is 0 Å². The fraction of sp³-hybridized carbons (Fsp3) is 0.0714. The molecule has 0 saturated heterocycles. The number of nitriles is 1. The summed E-state index contributed by atoms with van der Waals surface area (Å²) >= 11 is 5.93. The molecule has 0 aliphatic carbocycles. The molecular formula is C14H10ClN3O. The van der Waals surface area contributed by atoms with Crippen molar-refractivity contribution in [1.29, 1.82) is 5.26 Å². The number of nitrogens with zero attached hydrogens (tertiary/aromatic N) is 2. The predicted octanol–water partition coefficient (Wildman–Crippen LogP) is 3.17. The molecule has 0 fully saturated rings. The lowest BCUT2D eigenvalue weighted by Crippen LogP contribution is -2.13. The zero-order chi connectivity index (χ0) is 13.8. The van der Waals surface area contributed by atoms with Crippen LogP contribution in [0.4, 0.5) is 5.69 Å². The molecule has 2 aromatic rings. The van der Waals surface area contributed by atoms with Crippen LogP contribution >= 0.6 is 11.6 Å². The molecule has 1 heterocycles. The lowest BCUT2D eigenvalue weighted by atomic mass is 10.1. The molecule has 0 radical (unpaired) electrons. The van der Waals surface area contributed by atoms with E-state index in [1.54, 1.807) is 24.3 Å². The molecular weight excluding hydrogens is 262 g/mol. The highest BCUT2D eigenvalue weighted by molar-refractivity contribution is 6.34. The third kappa shape index (κ3) is 2.90. The van der Waals surface area contributed by atoms with Crippen LogP contribution in [0.15, 0.2) is 36.7 Å². The Labute approximate surface area is 115 Å². The van der Waals surface area contributed by atoms with E-state index < -0.39 is 0 Å². The van der Waals surface area contributed by atoms with E-state index in [4.69, 9.17) is 16.9 Å². The van der Waals surface area contributed by atoms with E-state index in [9.17, 15) is 4.79 Å². The molecule has 0 bridgehead atoms. The number of rotatable bonds is 2. The van der Waals surface area contributed by atoms with Gasteiger partial charge in [0.25, 0.3) is 5.91 Å². The molecule has 0 atom stereocenters. The molecule has 19 heavy (non-hydrogen) atoms. The van der Waals surface area contributed by atoms with Crippen LogP contribution in [0.25, 0.3) is 0 Å². The first kappa shape index (κ1) is 13.1. The van der Waals surface area contributed by atoms with Crippen molar-refractivity contribution >= 4 is 23.2 Å². The third-order valence-electron chi connectivity index (χ3n) is 2.63. The van der Waals surface area contributed by atoms with Gasteiger partial charge in [-0.3, -0.25) is 9.78 Å². The average molecular weight is 272 g/mol. The van der Waals surface area contributed by atoms with Gasteiger partial charge in [0.15, 0.2) is 0 Å². The number of carbonyl (C=O) groups excluding carboxylic acids is 1. The quantitative estimate of drug-likeness (QED) is 0.912. The summed E-state index contributed by atoms with van der Waals surface area (Å²) in [6, 6.07) is 8.68. The van der Waals surface area contributed by atoms with Crippen LogP contribution in [0.1, 0.15) is 21.5 Å². The predicted molar refractivity (Wildman–Crippen MR) is 73.1 cm³/mol. The molecule has 2 rings (SSSR count). The summed E-state index contributed by atoms with van der Waals surface area (Å²) in [4.78, 5) is 15.9. The van der Waals surface area contributed by atoms with Gasteiger partial charge < -0.3 is 5.32 Å². The smallest absolute Gasteiger partial charge is 0.258 e. The number of hydrogen-bond acceptors (Lipinski definition) is 3. The van der Waals surface area contributed by atoms with Gasteiger partial charge in [0.2, 0.25) is 0 Å². The molecule has 5 heteroatoms. The summed E-state index contributed by atoms with van der Waals surface area (Å²) in [5.74, 6) is -0.351. The fourth-order valence-corrected chi connectivity index (χ4v) is 1.75. The number of aryl methyl sites for hydroxylation is 1. The average Bonchev–Trinajstić information content (AvgIpc) is 2.41. The van der Waals surface area contributed by atoms with Gasteiger partial charge in [-0.25, -0.2) is 0 Å². The maximum Gasteiger partial charge on any atom is 0.258 e. The van der Waals surface area contributed by atoms with Crippen LogP contribution in [0, 0.1) is 18.3 Å². The fourth-order valence-electron chi connectivity index (χ4n) is 1.56. The first-order chi connectivity index (χ1) is 9.11. The number of carbonyl (C=O) groups is 1. The lowest BCUT2D eigenvalue weighted by Gasteiger charge is -2.09. The zero-order valence-corrected chi connectivity index (χ0v) is 10.9. The monoisotopic (exact) mass is 271 g/mol. The first-order valence-corrected chi connectivity index (χ1v) is 5.91. The van der Waals surface area contributed by atoms with Crippen molar-refractivity contribution in [2.45, 2.75) is 6.92 Å². The second kappa shape index (κ2) is 5.51. The minimum absolute atomic E-state index is 0.297. The highest BCUT2D eigenvalue weighted by Gasteiger charge is 2.11. The van der Waals surface area contributed by atoms with Crippen molar-refractivity contribution in [3.05, 3.63) is 58.4 Å². The normalized spacial score (nSPS) is 9.74. The van der Waals surface area contributed by atoms with Crippen molar-refractivity contribution in [3.8, 4) is 6.07 Å². The number of pyridine rings is 1. The molecule has 4 nitrogen and oxygen atoms in total. The summed E-state index contributed by atoms with van der Waals surface area (Å²) in [6.07, 6.45) is 2.92. The Morgan fingerprint density at radius 2 is 2.21 bits per heavy atom. The Kier molecular flexibility index (Phi) is 3.79. The third-order valence-corrected chi connectivity index (χ3v) is 2.96. The Morgan fingerprint density at radius 3 is 2.89 bits per heavy atom. The molecule has 94 valence electrons. The summed E-state index contributed by atoms with van der Waals surface area (Å²) in [7, 11) is 0. The van der Waals surface area contributed by atoms with Crippen molar-refractivity contribution in [2.24, 2.45) is 0 Å². The maximum atomic E-state index is 12.1. The first-order valence-electron chi connectivity index (χ1n) is 5.53. The molecule has 1 aromatic heterocycles. The standard InChI is InChI=1S/C14H10ClN3O/c1-9-2-3-10(7-16)6-13(9)18-14(19)11-8-17-5-4-12(11)15/h2-6,8H,1H3,(H,18,19). The van der Waals surface area contributed by atoms with Gasteiger partial charge in [0.05, 0.1) is 22.2 Å². The van der Waals surface area contributed by atoms with Gasteiger partial charge in [0, 0.05) is 18.1 Å². The van der Waals surface area contributed by atoms with E-state index in [2.05, 4.69) is 10.3 Å². The molecule has 0 aliphatic heterocycles. The van der Waals surface area contributed by atoms with E-state index in [1.165, 1.54) is 12.4 Å². The molecule has 0 spiro atoms. The van der Waals surface area contributed by atoms with Crippen LogP contribution in [0.5, 0.6) is 0 Å². The maximum absolute atomic E-state index is 12.1. The molecule has 0 saturated carbocycles.